The highest BCUT2D eigenvalue weighted by molar-refractivity contribution is 5.84. The Hall–Kier alpha value is -4.32. The van der Waals surface area contributed by atoms with E-state index in [1.807, 2.05) is 36.9 Å². The van der Waals surface area contributed by atoms with E-state index in [0.29, 0.717) is 38.2 Å². The molecule has 0 atom stereocenters. The summed E-state index contributed by atoms with van der Waals surface area (Å²) in [6, 6.07) is 9.72. The summed E-state index contributed by atoms with van der Waals surface area (Å²) in [6.07, 6.45) is 1.26. The van der Waals surface area contributed by atoms with E-state index in [1.165, 1.54) is 24.4 Å². The predicted molar refractivity (Wildman–Crippen MR) is 128 cm³/mol. The number of hydrazone groups is 1. The molecule has 12 nitrogen and oxygen atoms in total. The lowest BCUT2D eigenvalue weighted by Crippen LogP contribution is -2.37. The lowest BCUT2D eigenvalue weighted by Gasteiger charge is -2.27. The van der Waals surface area contributed by atoms with Gasteiger partial charge in [0.05, 0.1) is 24.4 Å². The second-order valence-corrected chi connectivity index (χ2v) is 7.70. The second-order valence-electron chi connectivity index (χ2n) is 7.70. The number of hydrogen-bond acceptors (Lipinski definition) is 11. The van der Waals surface area contributed by atoms with Crippen molar-refractivity contribution in [2.75, 3.05) is 41.9 Å². The average molecular weight is 464 g/mol. The van der Waals surface area contributed by atoms with Gasteiger partial charge in [0, 0.05) is 36.5 Å². The highest BCUT2D eigenvalue weighted by Crippen LogP contribution is 2.23. The lowest BCUT2D eigenvalue weighted by atomic mass is 10.1. The number of aromatic hydroxyl groups is 1. The summed E-state index contributed by atoms with van der Waals surface area (Å²) >= 11 is 0. The van der Waals surface area contributed by atoms with E-state index in [1.54, 1.807) is 0 Å². The van der Waals surface area contributed by atoms with E-state index >= 15 is 0 Å². The number of phenols is 1. The maximum Gasteiger partial charge on any atom is 0.270 e. The van der Waals surface area contributed by atoms with Gasteiger partial charge in [-0.2, -0.15) is 20.1 Å². The highest BCUT2D eigenvalue weighted by Gasteiger charge is 2.17. The van der Waals surface area contributed by atoms with Crippen LogP contribution in [-0.2, 0) is 4.74 Å². The van der Waals surface area contributed by atoms with Crippen LogP contribution in [0.3, 0.4) is 0 Å². The van der Waals surface area contributed by atoms with Gasteiger partial charge in [-0.1, -0.05) is 12.1 Å². The van der Waals surface area contributed by atoms with Gasteiger partial charge < -0.3 is 20.1 Å². The highest BCUT2D eigenvalue weighted by atomic mass is 16.6. The molecule has 176 valence electrons. The average Bonchev–Trinajstić information content (AvgIpc) is 2.83. The van der Waals surface area contributed by atoms with Gasteiger partial charge >= 0.3 is 0 Å². The number of benzene rings is 2. The molecule has 1 aliphatic rings. The van der Waals surface area contributed by atoms with Crippen molar-refractivity contribution in [3.63, 3.8) is 0 Å². The molecule has 0 spiro atoms. The summed E-state index contributed by atoms with van der Waals surface area (Å²) in [5.41, 5.74) is 5.75. The summed E-state index contributed by atoms with van der Waals surface area (Å²) in [7, 11) is 0. The number of hydrogen-bond donors (Lipinski definition) is 3. The van der Waals surface area contributed by atoms with Gasteiger partial charge in [0.15, 0.2) is 0 Å². The zero-order valence-corrected chi connectivity index (χ0v) is 18.7. The third-order valence-corrected chi connectivity index (χ3v) is 5.15. The Kier molecular flexibility index (Phi) is 6.78. The summed E-state index contributed by atoms with van der Waals surface area (Å²) in [5, 5.41) is 28.3. The smallest absolute Gasteiger partial charge is 0.270 e. The molecular formula is C22H24N8O4. The molecule has 2 aromatic carbocycles. The van der Waals surface area contributed by atoms with Crippen molar-refractivity contribution in [1.29, 1.82) is 0 Å². The minimum absolute atomic E-state index is 0.141. The fraction of sp³-hybridized carbons (Fsp3) is 0.273. The number of nitrogens with one attached hydrogen (secondary N) is 2. The molecule has 0 bridgehead atoms. The molecule has 0 amide bonds. The first-order valence-corrected chi connectivity index (χ1v) is 10.6. The van der Waals surface area contributed by atoms with E-state index in [4.69, 9.17) is 4.74 Å². The number of morpholine rings is 1. The number of nitrogens with zero attached hydrogens (tertiary/aromatic N) is 6. The number of nitro benzene ring substituents is 1. The molecular weight excluding hydrogens is 440 g/mol. The molecule has 0 aliphatic carbocycles. The Balaban J connectivity index is 1.61. The number of aromatic nitrogens is 3. The third kappa shape index (κ3) is 5.53. The standard InChI is InChI=1S/C22H24N8O4/c1-14-3-4-15(2)18(11-14)24-20-25-21(27-22(26-20)29-7-9-34-10-8-29)28-23-13-16-12-17(30(32)33)5-6-19(16)31/h3-6,11-13,31H,7-10H2,1-2H3,(H2,24,25,26,27,28)/b23-13+. The number of non-ortho nitro benzene ring substituents is 1. The normalized spacial score (nSPS) is 13.8. The number of nitro groups is 1. The fourth-order valence-electron chi connectivity index (χ4n) is 3.28. The molecule has 1 aromatic heterocycles. The molecule has 2 heterocycles. The van der Waals surface area contributed by atoms with Gasteiger partial charge in [0.2, 0.25) is 17.8 Å². The molecule has 3 N–H and O–H groups in total. The fourth-order valence-corrected chi connectivity index (χ4v) is 3.28. The van der Waals surface area contributed by atoms with Crippen molar-refractivity contribution >= 4 is 35.4 Å². The van der Waals surface area contributed by atoms with Crippen molar-refractivity contribution in [2.45, 2.75) is 13.8 Å². The zero-order chi connectivity index (χ0) is 24.1. The Morgan fingerprint density at radius 2 is 1.88 bits per heavy atom. The van der Waals surface area contributed by atoms with Crippen LogP contribution in [0.2, 0.25) is 0 Å². The van der Waals surface area contributed by atoms with Crippen LogP contribution in [0.5, 0.6) is 5.75 Å². The predicted octanol–water partition coefficient (Wildman–Crippen LogP) is 3.13. The van der Waals surface area contributed by atoms with Crippen LogP contribution in [0.25, 0.3) is 0 Å². The van der Waals surface area contributed by atoms with Gasteiger partial charge in [0.1, 0.15) is 5.75 Å². The summed E-state index contributed by atoms with van der Waals surface area (Å²) in [4.78, 5) is 25.9. The summed E-state index contributed by atoms with van der Waals surface area (Å²) < 4.78 is 5.42. The van der Waals surface area contributed by atoms with Crippen LogP contribution in [0, 0.1) is 24.0 Å². The number of aryl methyl sites for hydroxylation is 2. The maximum atomic E-state index is 11.0. The molecule has 1 aliphatic heterocycles. The molecule has 3 aromatic rings. The van der Waals surface area contributed by atoms with Crippen LogP contribution in [-0.4, -0.2) is 57.5 Å². The van der Waals surface area contributed by atoms with Crippen molar-refractivity contribution in [1.82, 2.24) is 15.0 Å². The Morgan fingerprint density at radius 3 is 2.65 bits per heavy atom. The topological polar surface area (TPSA) is 151 Å². The zero-order valence-electron chi connectivity index (χ0n) is 18.7. The summed E-state index contributed by atoms with van der Waals surface area (Å²) in [5.74, 6) is 0.826. The molecule has 1 saturated heterocycles. The van der Waals surface area contributed by atoms with E-state index in [0.717, 1.165) is 16.8 Å². The van der Waals surface area contributed by atoms with Crippen molar-refractivity contribution in [3.05, 3.63) is 63.2 Å². The minimum Gasteiger partial charge on any atom is -0.507 e. The van der Waals surface area contributed by atoms with Gasteiger partial charge in [-0.3, -0.25) is 10.1 Å². The van der Waals surface area contributed by atoms with Crippen LogP contribution in [0.1, 0.15) is 16.7 Å². The first kappa shape index (κ1) is 22.9. The molecule has 0 radical (unpaired) electrons. The SMILES string of the molecule is Cc1ccc(C)c(Nc2nc(N/N=C/c3cc([N+](=O)[O-])ccc3O)nc(N3CCOCC3)n2)c1. The quantitative estimate of drug-likeness (QED) is 0.270. The minimum atomic E-state index is -0.546. The van der Waals surface area contributed by atoms with Crippen LogP contribution < -0.4 is 15.6 Å². The largest absolute Gasteiger partial charge is 0.507 e. The molecule has 1 fully saturated rings. The molecule has 0 unspecified atom stereocenters. The number of rotatable bonds is 7. The first-order valence-electron chi connectivity index (χ1n) is 10.6. The van der Waals surface area contributed by atoms with Crippen LogP contribution in [0.15, 0.2) is 41.5 Å². The van der Waals surface area contributed by atoms with Gasteiger partial charge in [0.25, 0.3) is 5.69 Å². The van der Waals surface area contributed by atoms with Crippen LogP contribution in [0.4, 0.5) is 29.2 Å². The van der Waals surface area contributed by atoms with E-state index < -0.39 is 4.92 Å². The molecule has 12 heteroatoms. The van der Waals surface area contributed by atoms with Crippen molar-refractivity contribution in [2.24, 2.45) is 5.10 Å². The van der Waals surface area contributed by atoms with Gasteiger partial charge in [-0.05, 0) is 37.1 Å². The summed E-state index contributed by atoms with van der Waals surface area (Å²) in [6.45, 7) is 6.40. The Morgan fingerprint density at radius 1 is 1.12 bits per heavy atom. The monoisotopic (exact) mass is 464 g/mol. The second kappa shape index (κ2) is 10.1. The van der Waals surface area contributed by atoms with Gasteiger partial charge in [-0.15, -0.1) is 0 Å². The number of phenolic OH excluding ortho intramolecular Hbond substituents is 1. The Labute approximate surface area is 195 Å². The first-order chi connectivity index (χ1) is 16.4. The number of ether oxygens (including phenoxy) is 1. The van der Waals surface area contributed by atoms with Crippen molar-refractivity contribution < 1.29 is 14.8 Å². The van der Waals surface area contributed by atoms with E-state index in [2.05, 4.69) is 30.8 Å². The van der Waals surface area contributed by atoms with E-state index in [9.17, 15) is 15.2 Å². The van der Waals surface area contributed by atoms with E-state index in [-0.39, 0.29) is 22.9 Å². The maximum absolute atomic E-state index is 11.0. The van der Waals surface area contributed by atoms with Gasteiger partial charge in [-0.25, -0.2) is 5.43 Å². The molecule has 34 heavy (non-hydrogen) atoms. The molecule has 0 saturated carbocycles. The third-order valence-electron chi connectivity index (χ3n) is 5.15. The van der Waals surface area contributed by atoms with Crippen molar-refractivity contribution in [3.8, 4) is 5.75 Å². The van der Waals surface area contributed by atoms with Crippen LogP contribution >= 0.6 is 0 Å². The lowest BCUT2D eigenvalue weighted by molar-refractivity contribution is -0.384. The Bertz CT molecular complexity index is 1230. The molecule has 4 rings (SSSR count). The number of anilines is 4.